The Labute approximate surface area is 135 Å². The van der Waals surface area contributed by atoms with Gasteiger partial charge in [-0.2, -0.15) is 0 Å². The maximum atomic E-state index is 12.4. The topological polar surface area (TPSA) is 55.1 Å². The Kier molecular flexibility index (Phi) is 4.96. The van der Waals surface area contributed by atoms with Crippen LogP contribution in [0.4, 0.5) is 6.01 Å². The number of carbonyl (C=O) groups is 1. The SMILES string of the molecule is C.CSc1c(C2CC2)ccc(C(=O)Nc2ncc(C)o2)c1C. The van der Waals surface area contributed by atoms with Crippen LogP contribution in [0.15, 0.2) is 27.6 Å². The van der Waals surface area contributed by atoms with E-state index in [0.717, 1.165) is 5.56 Å². The summed E-state index contributed by atoms with van der Waals surface area (Å²) >= 11 is 1.71. The van der Waals surface area contributed by atoms with Crippen LogP contribution >= 0.6 is 11.8 Å². The average Bonchev–Trinajstić information content (AvgIpc) is 3.22. The highest BCUT2D eigenvalue weighted by atomic mass is 32.2. The molecule has 1 aromatic carbocycles. The lowest BCUT2D eigenvalue weighted by Crippen LogP contribution is -2.14. The van der Waals surface area contributed by atoms with E-state index in [1.165, 1.54) is 23.3 Å². The van der Waals surface area contributed by atoms with Crippen LogP contribution in [0.5, 0.6) is 0 Å². The molecule has 1 N–H and O–H groups in total. The van der Waals surface area contributed by atoms with E-state index in [9.17, 15) is 4.79 Å². The third kappa shape index (κ3) is 3.19. The van der Waals surface area contributed by atoms with Crippen molar-refractivity contribution in [3.8, 4) is 0 Å². The Hall–Kier alpha value is -1.75. The lowest BCUT2D eigenvalue weighted by Gasteiger charge is -2.13. The zero-order valence-corrected chi connectivity index (χ0v) is 13.2. The van der Waals surface area contributed by atoms with Crippen LogP contribution < -0.4 is 5.32 Å². The van der Waals surface area contributed by atoms with Crippen molar-refractivity contribution in [3.05, 3.63) is 40.8 Å². The van der Waals surface area contributed by atoms with Gasteiger partial charge in [-0.3, -0.25) is 10.1 Å². The fourth-order valence-electron chi connectivity index (χ4n) is 2.52. The number of thioether (sulfide) groups is 1. The highest BCUT2D eigenvalue weighted by molar-refractivity contribution is 7.98. The van der Waals surface area contributed by atoms with Crippen LogP contribution in [0.1, 0.15) is 53.4 Å². The quantitative estimate of drug-likeness (QED) is 0.824. The molecule has 1 heterocycles. The average molecular weight is 318 g/mol. The Morgan fingerprint density at radius 1 is 1.36 bits per heavy atom. The van der Waals surface area contributed by atoms with E-state index in [4.69, 9.17) is 4.42 Å². The molecular formula is C17H22N2O2S. The molecule has 1 amide bonds. The van der Waals surface area contributed by atoms with Crippen LogP contribution in [0, 0.1) is 13.8 Å². The first kappa shape index (κ1) is 16.6. The van der Waals surface area contributed by atoms with Gasteiger partial charge in [0, 0.05) is 10.5 Å². The molecule has 0 aliphatic heterocycles. The predicted molar refractivity (Wildman–Crippen MR) is 90.9 cm³/mol. The van der Waals surface area contributed by atoms with Gasteiger partial charge in [-0.25, -0.2) is 4.98 Å². The van der Waals surface area contributed by atoms with E-state index in [2.05, 4.69) is 22.6 Å². The molecule has 0 saturated heterocycles. The Morgan fingerprint density at radius 2 is 2.09 bits per heavy atom. The first-order valence-corrected chi connectivity index (χ1v) is 8.24. The molecule has 0 spiro atoms. The number of amides is 1. The van der Waals surface area contributed by atoms with Crippen molar-refractivity contribution in [2.75, 3.05) is 11.6 Å². The summed E-state index contributed by atoms with van der Waals surface area (Å²) in [4.78, 5) is 17.6. The molecule has 1 fully saturated rings. The van der Waals surface area contributed by atoms with Gasteiger partial charge < -0.3 is 4.42 Å². The summed E-state index contributed by atoms with van der Waals surface area (Å²) in [6.07, 6.45) is 6.17. The van der Waals surface area contributed by atoms with Crippen LogP contribution in [0.2, 0.25) is 0 Å². The zero-order valence-electron chi connectivity index (χ0n) is 12.4. The van der Waals surface area contributed by atoms with Crippen LogP contribution in [0.3, 0.4) is 0 Å². The maximum Gasteiger partial charge on any atom is 0.301 e. The first-order chi connectivity index (χ1) is 10.1. The molecule has 3 rings (SSSR count). The van der Waals surface area contributed by atoms with Crippen LogP contribution in [-0.4, -0.2) is 17.1 Å². The first-order valence-electron chi connectivity index (χ1n) is 7.01. The number of rotatable bonds is 4. The molecule has 0 bridgehead atoms. The molecule has 1 aliphatic carbocycles. The van der Waals surface area contributed by atoms with E-state index >= 15 is 0 Å². The number of benzene rings is 1. The van der Waals surface area contributed by atoms with E-state index in [0.29, 0.717) is 17.2 Å². The normalized spacial score (nSPS) is 13.6. The standard InChI is InChI=1S/C16H18N2O2S.CH4/c1-9-8-17-16(20-9)18-15(19)12-6-7-13(11-4-5-11)14(21-3)10(12)2;/h6-8,11H,4-5H2,1-3H3,(H,17,18,19);1H4. The van der Waals surface area contributed by atoms with Gasteiger partial charge in [-0.15, -0.1) is 11.8 Å². The van der Waals surface area contributed by atoms with E-state index < -0.39 is 0 Å². The number of anilines is 1. The lowest BCUT2D eigenvalue weighted by molar-refractivity contribution is 0.102. The van der Waals surface area contributed by atoms with Gasteiger partial charge in [-0.1, -0.05) is 13.5 Å². The van der Waals surface area contributed by atoms with Gasteiger partial charge in [0.1, 0.15) is 5.76 Å². The fraction of sp³-hybridized carbons (Fsp3) is 0.412. The molecule has 0 radical (unpaired) electrons. The monoisotopic (exact) mass is 318 g/mol. The summed E-state index contributed by atoms with van der Waals surface area (Å²) in [6.45, 7) is 3.80. The summed E-state index contributed by atoms with van der Waals surface area (Å²) in [5, 5.41) is 2.71. The number of aryl methyl sites for hydroxylation is 1. The van der Waals surface area contributed by atoms with Gasteiger partial charge in [-0.05, 0) is 56.1 Å². The second-order valence-electron chi connectivity index (χ2n) is 5.37. The largest absolute Gasteiger partial charge is 0.429 e. The van der Waals surface area contributed by atoms with E-state index in [1.54, 1.807) is 24.9 Å². The molecule has 1 saturated carbocycles. The lowest BCUT2D eigenvalue weighted by atomic mass is 10.0. The van der Waals surface area contributed by atoms with Gasteiger partial charge in [0.05, 0.1) is 6.20 Å². The predicted octanol–water partition coefficient (Wildman–Crippen LogP) is 4.78. The minimum absolute atomic E-state index is 0. The smallest absolute Gasteiger partial charge is 0.301 e. The molecule has 5 heteroatoms. The van der Waals surface area contributed by atoms with Crippen LogP contribution in [-0.2, 0) is 0 Å². The second kappa shape index (κ2) is 6.57. The van der Waals surface area contributed by atoms with Gasteiger partial charge in [0.25, 0.3) is 5.91 Å². The highest BCUT2D eigenvalue weighted by Gasteiger charge is 2.28. The molecule has 1 aliphatic rings. The number of carbonyl (C=O) groups excluding carboxylic acids is 1. The number of oxazole rings is 1. The van der Waals surface area contributed by atoms with Gasteiger partial charge in [0.15, 0.2) is 0 Å². The van der Waals surface area contributed by atoms with Crippen molar-refractivity contribution >= 4 is 23.7 Å². The third-order valence-corrected chi connectivity index (χ3v) is 4.69. The van der Waals surface area contributed by atoms with Crippen molar-refractivity contribution in [3.63, 3.8) is 0 Å². The summed E-state index contributed by atoms with van der Waals surface area (Å²) < 4.78 is 5.30. The molecule has 0 unspecified atom stereocenters. The molecule has 2 aromatic rings. The molecule has 4 nitrogen and oxygen atoms in total. The van der Waals surface area contributed by atoms with Crippen molar-refractivity contribution < 1.29 is 9.21 Å². The zero-order chi connectivity index (χ0) is 15.0. The van der Waals surface area contributed by atoms with Crippen molar-refractivity contribution in [2.24, 2.45) is 0 Å². The summed E-state index contributed by atoms with van der Waals surface area (Å²) in [5.41, 5.74) is 3.09. The fourth-order valence-corrected chi connectivity index (χ4v) is 3.41. The third-order valence-electron chi connectivity index (χ3n) is 3.74. The number of aromatic nitrogens is 1. The second-order valence-corrected chi connectivity index (χ2v) is 6.18. The number of hydrogen-bond donors (Lipinski definition) is 1. The van der Waals surface area contributed by atoms with Crippen molar-refractivity contribution in [2.45, 2.75) is 44.9 Å². The molecular weight excluding hydrogens is 296 g/mol. The van der Waals surface area contributed by atoms with Crippen molar-refractivity contribution in [1.82, 2.24) is 4.98 Å². The van der Waals surface area contributed by atoms with E-state index in [1.807, 2.05) is 13.0 Å². The Bertz CT molecular complexity index is 690. The molecule has 118 valence electrons. The number of nitrogens with zero attached hydrogens (tertiary/aromatic N) is 1. The molecule has 0 atom stereocenters. The Morgan fingerprint density at radius 3 is 2.64 bits per heavy atom. The minimum atomic E-state index is -0.174. The number of nitrogens with one attached hydrogen (secondary N) is 1. The maximum absolute atomic E-state index is 12.4. The minimum Gasteiger partial charge on any atom is -0.429 e. The summed E-state index contributed by atoms with van der Waals surface area (Å²) in [7, 11) is 0. The van der Waals surface area contributed by atoms with Gasteiger partial charge in [0.2, 0.25) is 0 Å². The van der Waals surface area contributed by atoms with Crippen molar-refractivity contribution in [1.29, 1.82) is 0 Å². The van der Waals surface area contributed by atoms with E-state index in [-0.39, 0.29) is 19.3 Å². The van der Waals surface area contributed by atoms with Crippen LogP contribution in [0.25, 0.3) is 0 Å². The van der Waals surface area contributed by atoms with Gasteiger partial charge >= 0.3 is 6.01 Å². The molecule has 1 aromatic heterocycles. The Balaban J connectivity index is 0.00000176. The number of hydrogen-bond acceptors (Lipinski definition) is 4. The molecule has 22 heavy (non-hydrogen) atoms. The summed E-state index contributed by atoms with van der Waals surface area (Å²) in [6, 6.07) is 4.24. The summed E-state index contributed by atoms with van der Waals surface area (Å²) in [5.74, 6) is 1.18. The highest BCUT2D eigenvalue weighted by Crippen LogP contribution is 2.45.